The van der Waals surface area contributed by atoms with Gasteiger partial charge in [0.1, 0.15) is 5.82 Å². The molecule has 2 aromatic rings. The molecule has 2 saturated heterocycles. The summed E-state index contributed by atoms with van der Waals surface area (Å²) in [5.74, 6) is -7.34. The number of fused-ring (bicyclic) bond motifs is 2. The van der Waals surface area contributed by atoms with Gasteiger partial charge in [-0.3, -0.25) is 14.3 Å². The van der Waals surface area contributed by atoms with E-state index in [0.717, 1.165) is 24.6 Å². The molecule has 2 atom stereocenters. The average Bonchev–Trinajstić information content (AvgIpc) is 3.29. The van der Waals surface area contributed by atoms with Crippen molar-refractivity contribution in [3.05, 3.63) is 47.5 Å². The second-order valence-corrected chi connectivity index (χ2v) is 8.55. The second-order valence-electron chi connectivity index (χ2n) is 8.55. The van der Waals surface area contributed by atoms with Gasteiger partial charge in [0.15, 0.2) is 0 Å². The summed E-state index contributed by atoms with van der Waals surface area (Å²) in [4.78, 5) is 26.6. The number of nitrogens with one attached hydrogen (secondary N) is 1. The van der Waals surface area contributed by atoms with Gasteiger partial charge < -0.3 is 10.2 Å². The predicted molar refractivity (Wildman–Crippen MR) is 108 cm³/mol. The van der Waals surface area contributed by atoms with Crippen molar-refractivity contribution < 1.29 is 22.8 Å². The van der Waals surface area contributed by atoms with Crippen molar-refractivity contribution in [2.45, 2.75) is 70.0 Å². The van der Waals surface area contributed by atoms with Crippen LogP contribution in [0.25, 0.3) is 0 Å². The van der Waals surface area contributed by atoms with E-state index in [-0.39, 0.29) is 23.7 Å². The van der Waals surface area contributed by atoms with Crippen LogP contribution >= 0.6 is 0 Å². The van der Waals surface area contributed by atoms with Crippen LogP contribution in [0, 0.1) is 5.82 Å². The lowest BCUT2D eigenvalue weighted by molar-refractivity contribution is -0.164. The van der Waals surface area contributed by atoms with Gasteiger partial charge in [0.25, 0.3) is 11.8 Å². The maximum atomic E-state index is 15.2. The molecule has 2 fully saturated rings. The van der Waals surface area contributed by atoms with Gasteiger partial charge in [-0.2, -0.15) is 13.9 Å². The molecule has 0 spiro atoms. The smallest absolute Gasteiger partial charge is 0.331 e. The van der Waals surface area contributed by atoms with Gasteiger partial charge >= 0.3 is 5.92 Å². The number of aromatic nitrogens is 2. The molecular formula is C22H25F3N4O2. The summed E-state index contributed by atoms with van der Waals surface area (Å²) in [7, 11) is 0. The molecule has 4 rings (SSSR count). The van der Waals surface area contributed by atoms with Gasteiger partial charge in [0.05, 0.1) is 17.4 Å². The molecule has 6 nitrogen and oxygen atoms in total. The van der Waals surface area contributed by atoms with Gasteiger partial charge in [-0.15, -0.1) is 0 Å². The first-order valence-electron chi connectivity index (χ1n) is 10.5. The van der Waals surface area contributed by atoms with E-state index in [1.54, 1.807) is 10.9 Å². The Morgan fingerprint density at radius 3 is 2.45 bits per heavy atom. The number of rotatable bonds is 5. The lowest BCUT2D eigenvalue weighted by Crippen LogP contribution is -2.50. The summed E-state index contributed by atoms with van der Waals surface area (Å²) in [5, 5.41) is 6.66. The number of hydrogen-bond acceptors (Lipinski definition) is 3. The Kier molecular flexibility index (Phi) is 5.53. The summed E-state index contributed by atoms with van der Waals surface area (Å²) in [5.41, 5.74) is -0.854. The summed E-state index contributed by atoms with van der Waals surface area (Å²) in [6, 6.07) is 2.33. The molecule has 9 heteroatoms. The summed E-state index contributed by atoms with van der Waals surface area (Å²) < 4.78 is 46.3. The zero-order chi connectivity index (χ0) is 22.3. The lowest BCUT2D eigenvalue weighted by Gasteiger charge is -2.37. The number of amides is 2. The highest BCUT2D eigenvalue weighted by molar-refractivity contribution is 6.04. The van der Waals surface area contributed by atoms with E-state index in [4.69, 9.17) is 0 Å². The van der Waals surface area contributed by atoms with E-state index >= 15 is 8.78 Å². The zero-order valence-electron chi connectivity index (χ0n) is 17.4. The fourth-order valence-corrected chi connectivity index (χ4v) is 4.52. The third kappa shape index (κ3) is 3.93. The van der Waals surface area contributed by atoms with Gasteiger partial charge in [0.2, 0.25) is 0 Å². The second kappa shape index (κ2) is 8.01. The van der Waals surface area contributed by atoms with Gasteiger partial charge in [-0.1, -0.05) is 0 Å². The number of anilines is 1. The van der Waals surface area contributed by atoms with Crippen LogP contribution in [0.1, 0.15) is 67.9 Å². The van der Waals surface area contributed by atoms with Gasteiger partial charge in [0, 0.05) is 29.9 Å². The molecule has 0 radical (unpaired) electrons. The predicted octanol–water partition coefficient (Wildman–Crippen LogP) is 4.49. The third-order valence-electron chi connectivity index (χ3n) is 6.15. The first-order chi connectivity index (χ1) is 14.7. The summed E-state index contributed by atoms with van der Waals surface area (Å²) in [6.07, 6.45) is 6.72. The van der Waals surface area contributed by atoms with Crippen LogP contribution < -0.4 is 5.32 Å². The Morgan fingerprint density at radius 1 is 1.16 bits per heavy atom. The van der Waals surface area contributed by atoms with E-state index in [1.165, 1.54) is 11.1 Å². The number of carbonyl (C=O) groups excluding carboxylic acids is 2. The highest BCUT2D eigenvalue weighted by atomic mass is 19.3. The van der Waals surface area contributed by atoms with Crippen LogP contribution in [0.3, 0.4) is 0 Å². The molecule has 2 bridgehead atoms. The minimum absolute atomic E-state index is 0.0814. The number of carbonyl (C=O) groups is 2. The molecule has 1 N–H and O–H groups in total. The minimum Gasteiger partial charge on any atom is -0.331 e. The molecule has 0 unspecified atom stereocenters. The lowest BCUT2D eigenvalue weighted by atomic mass is 9.98. The van der Waals surface area contributed by atoms with Crippen molar-refractivity contribution in [3.8, 4) is 0 Å². The summed E-state index contributed by atoms with van der Waals surface area (Å²) in [6.45, 7) is 3.83. The number of hydrogen-bond donors (Lipinski definition) is 1. The highest BCUT2D eigenvalue weighted by Crippen LogP contribution is 2.41. The first-order valence-corrected chi connectivity index (χ1v) is 10.5. The molecule has 166 valence electrons. The maximum Gasteiger partial charge on any atom is 0.352 e. The topological polar surface area (TPSA) is 67.2 Å². The van der Waals surface area contributed by atoms with Gasteiger partial charge in [-0.25, -0.2) is 4.39 Å². The monoisotopic (exact) mass is 434 g/mol. The van der Waals surface area contributed by atoms with Crippen LogP contribution in [0.2, 0.25) is 0 Å². The molecule has 0 aliphatic carbocycles. The molecule has 2 aliphatic heterocycles. The maximum absolute atomic E-state index is 15.2. The van der Waals surface area contributed by atoms with Crippen molar-refractivity contribution >= 4 is 17.5 Å². The molecule has 0 saturated carbocycles. The fourth-order valence-electron chi connectivity index (χ4n) is 4.52. The Balaban J connectivity index is 1.57. The summed E-state index contributed by atoms with van der Waals surface area (Å²) >= 11 is 0. The number of benzene rings is 1. The molecule has 3 heterocycles. The van der Waals surface area contributed by atoms with Crippen LogP contribution in [0.5, 0.6) is 0 Å². The SMILES string of the molecule is CC(C)n1cc(NC(=O)c2ccc(F)c(C(F)(F)C(=O)N3[C@@H]4CCC[C@@H]3CC4)c2)cn1. The van der Waals surface area contributed by atoms with Crippen LogP contribution in [0.15, 0.2) is 30.6 Å². The minimum atomic E-state index is -4.05. The Morgan fingerprint density at radius 2 is 1.84 bits per heavy atom. The number of alkyl halides is 2. The fraction of sp³-hybridized carbons (Fsp3) is 0.500. The highest BCUT2D eigenvalue weighted by Gasteiger charge is 2.52. The van der Waals surface area contributed by atoms with Crippen molar-refractivity contribution in [3.63, 3.8) is 0 Å². The number of nitrogens with zero attached hydrogens (tertiary/aromatic N) is 3. The Hall–Kier alpha value is -2.84. The zero-order valence-corrected chi connectivity index (χ0v) is 17.4. The standard InChI is InChI=1S/C22H25F3N4O2/c1-13(2)28-12-15(11-26-28)27-20(30)14-6-9-19(23)18(10-14)22(24,25)21(31)29-16-4-3-5-17(29)8-7-16/h6,9-13,16-17H,3-5,7-8H2,1-2H3,(H,27,30)/t16-,17-/m1/s1. The number of halogens is 3. The molecule has 2 amide bonds. The van der Waals surface area contributed by atoms with Crippen LogP contribution in [-0.2, 0) is 10.7 Å². The van der Waals surface area contributed by atoms with Crippen molar-refractivity contribution in [2.24, 2.45) is 0 Å². The van der Waals surface area contributed by atoms with Crippen molar-refractivity contribution in [2.75, 3.05) is 5.32 Å². The largest absolute Gasteiger partial charge is 0.352 e. The first kappa shape index (κ1) is 21.4. The Labute approximate surface area is 178 Å². The van der Waals surface area contributed by atoms with Crippen LogP contribution in [-0.4, -0.2) is 38.6 Å². The Bertz CT molecular complexity index is 988. The molecule has 1 aromatic carbocycles. The van der Waals surface area contributed by atoms with E-state index in [9.17, 15) is 14.0 Å². The molecule has 1 aromatic heterocycles. The van der Waals surface area contributed by atoms with Gasteiger partial charge in [-0.05, 0) is 64.2 Å². The van der Waals surface area contributed by atoms with Crippen molar-refractivity contribution in [1.82, 2.24) is 14.7 Å². The molecule has 2 aliphatic rings. The number of piperidine rings is 1. The van der Waals surface area contributed by atoms with Crippen molar-refractivity contribution in [1.29, 1.82) is 0 Å². The normalized spacial score (nSPS) is 20.9. The van der Waals surface area contributed by atoms with E-state index < -0.39 is 29.1 Å². The third-order valence-corrected chi connectivity index (χ3v) is 6.15. The van der Waals surface area contributed by atoms with E-state index in [0.29, 0.717) is 31.4 Å². The van der Waals surface area contributed by atoms with E-state index in [1.807, 2.05) is 13.8 Å². The quantitative estimate of drug-likeness (QED) is 0.754. The molecule has 31 heavy (non-hydrogen) atoms. The van der Waals surface area contributed by atoms with Crippen LogP contribution in [0.4, 0.5) is 18.9 Å². The van der Waals surface area contributed by atoms with E-state index in [2.05, 4.69) is 10.4 Å². The average molecular weight is 434 g/mol. The molecular weight excluding hydrogens is 409 g/mol.